The van der Waals surface area contributed by atoms with Gasteiger partial charge in [0.2, 0.25) is 5.91 Å². The number of aryl methyl sites for hydroxylation is 2. The molecule has 5 rings (SSSR count). The van der Waals surface area contributed by atoms with Crippen molar-refractivity contribution in [3.05, 3.63) is 70.9 Å². The molecule has 0 aliphatic carbocycles. The second-order valence-electron chi connectivity index (χ2n) is 8.61. The molecule has 2 aromatic carbocycles. The minimum Gasteiger partial charge on any atom is -0.370 e. The van der Waals surface area contributed by atoms with Crippen LogP contribution in [0.25, 0.3) is 22.4 Å². The van der Waals surface area contributed by atoms with Crippen molar-refractivity contribution >= 4 is 34.3 Å². The van der Waals surface area contributed by atoms with Crippen LogP contribution in [-0.2, 0) is 0 Å². The van der Waals surface area contributed by atoms with Crippen molar-refractivity contribution in [3.63, 3.8) is 0 Å². The molecule has 2 amide bonds. The number of benzene rings is 2. The molecule has 3 heterocycles. The molecule has 0 unspecified atom stereocenters. The van der Waals surface area contributed by atoms with E-state index in [1.54, 1.807) is 25.1 Å². The van der Waals surface area contributed by atoms with Crippen LogP contribution in [0, 0.1) is 13.8 Å². The topological polar surface area (TPSA) is 114 Å². The molecule has 4 aromatic rings. The number of carbonyl (C=O) groups excluding carboxylic acids is 2. The summed E-state index contributed by atoms with van der Waals surface area (Å²) in [6, 6.07) is 14.8. The van der Waals surface area contributed by atoms with Crippen molar-refractivity contribution in [3.8, 4) is 11.3 Å². The first-order valence-corrected chi connectivity index (χ1v) is 11.2. The van der Waals surface area contributed by atoms with Gasteiger partial charge in [-0.15, -0.1) is 0 Å². The Labute approximate surface area is 196 Å². The van der Waals surface area contributed by atoms with Gasteiger partial charge in [0, 0.05) is 24.2 Å². The molecule has 0 atom stereocenters. The van der Waals surface area contributed by atoms with Crippen LogP contribution >= 0.6 is 0 Å². The van der Waals surface area contributed by atoms with Gasteiger partial charge < -0.3 is 20.5 Å². The SMILES string of the molecule is Cc1ccc(-c2cc(C(=O)Nc3cc(C(N)=O)ccc3N3CCCC3)c3c(C)noc3n2)cc1. The number of primary amides is 1. The number of hydrogen-bond donors (Lipinski definition) is 2. The molecule has 0 radical (unpaired) electrons. The Hall–Kier alpha value is -4.20. The molecule has 0 bridgehead atoms. The summed E-state index contributed by atoms with van der Waals surface area (Å²) in [6.07, 6.45) is 2.16. The highest BCUT2D eigenvalue weighted by atomic mass is 16.5. The van der Waals surface area contributed by atoms with E-state index in [1.807, 2.05) is 37.3 Å². The first-order valence-electron chi connectivity index (χ1n) is 11.2. The van der Waals surface area contributed by atoms with Gasteiger partial charge in [-0.1, -0.05) is 35.0 Å². The van der Waals surface area contributed by atoms with Gasteiger partial charge in [-0.2, -0.15) is 0 Å². The zero-order valence-corrected chi connectivity index (χ0v) is 19.1. The van der Waals surface area contributed by atoms with Crippen LogP contribution in [-0.4, -0.2) is 35.0 Å². The van der Waals surface area contributed by atoms with E-state index in [4.69, 9.17) is 10.3 Å². The van der Waals surface area contributed by atoms with Crippen molar-refractivity contribution in [2.45, 2.75) is 26.7 Å². The third-order valence-electron chi connectivity index (χ3n) is 6.19. The van der Waals surface area contributed by atoms with Crippen LogP contribution in [0.3, 0.4) is 0 Å². The third kappa shape index (κ3) is 3.98. The van der Waals surface area contributed by atoms with Crippen LogP contribution in [0.2, 0.25) is 0 Å². The van der Waals surface area contributed by atoms with Crippen LogP contribution in [0.5, 0.6) is 0 Å². The van der Waals surface area contributed by atoms with Crippen molar-refractivity contribution in [2.75, 3.05) is 23.3 Å². The Balaban J connectivity index is 1.59. The maximum absolute atomic E-state index is 13.6. The Kier molecular flexibility index (Phi) is 5.49. The summed E-state index contributed by atoms with van der Waals surface area (Å²) in [6.45, 7) is 5.57. The Bertz CT molecular complexity index is 1400. The molecule has 8 heteroatoms. The lowest BCUT2D eigenvalue weighted by molar-refractivity contribution is 0.0996. The number of aromatic nitrogens is 2. The molecule has 34 heavy (non-hydrogen) atoms. The largest absolute Gasteiger partial charge is 0.370 e. The highest BCUT2D eigenvalue weighted by Crippen LogP contribution is 2.32. The van der Waals surface area contributed by atoms with Gasteiger partial charge in [-0.25, -0.2) is 4.98 Å². The van der Waals surface area contributed by atoms with Gasteiger partial charge >= 0.3 is 0 Å². The smallest absolute Gasteiger partial charge is 0.259 e. The number of hydrogen-bond acceptors (Lipinski definition) is 6. The van der Waals surface area contributed by atoms with Gasteiger partial charge in [0.25, 0.3) is 11.6 Å². The Morgan fingerprint density at radius 2 is 1.76 bits per heavy atom. The molecule has 1 aliphatic rings. The summed E-state index contributed by atoms with van der Waals surface area (Å²) in [7, 11) is 0. The zero-order chi connectivity index (χ0) is 23.8. The fraction of sp³-hybridized carbons (Fsp3) is 0.231. The van der Waals surface area contributed by atoms with Crippen molar-refractivity contribution in [1.29, 1.82) is 0 Å². The van der Waals surface area contributed by atoms with E-state index >= 15 is 0 Å². The van der Waals surface area contributed by atoms with Crippen molar-refractivity contribution < 1.29 is 14.1 Å². The lowest BCUT2D eigenvalue weighted by Gasteiger charge is -2.22. The van der Waals surface area contributed by atoms with Gasteiger partial charge in [-0.3, -0.25) is 9.59 Å². The standard InChI is InChI=1S/C26H25N5O3/c1-15-5-7-17(8-6-15)20-14-19(23-16(2)30-34-26(23)29-20)25(33)28-21-13-18(24(27)32)9-10-22(21)31-11-3-4-12-31/h5-10,13-14H,3-4,11-12H2,1-2H3,(H2,27,32)(H,28,33). The molecule has 1 fully saturated rings. The maximum atomic E-state index is 13.6. The quantitative estimate of drug-likeness (QED) is 0.459. The number of carbonyl (C=O) groups is 2. The van der Waals surface area contributed by atoms with Crippen LogP contribution in [0.15, 0.2) is 53.1 Å². The van der Waals surface area contributed by atoms with E-state index in [9.17, 15) is 9.59 Å². The summed E-state index contributed by atoms with van der Waals surface area (Å²) < 4.78 is 5.42. The van der Waals surface area contributed by atoms with E-state index in [0.717, 1.165) is 42.7 Å². The molecule has 1 aliphatic heterocycles. The molecular weight excluding hydrogens is 430 g/mol. The minimum atomic E-state index is -0.550. The molecule has 8 nitrogen and oxygen atoms in total. The minimum absolute atomic E-state index is 0.298. The average Bonchev–Trinajstić information content (AvgIpc) is 3.49. The van der Waals surface area contributed by atoms with Crippen molar-refractivity contribution in [2.24, 2.45) is 5.73 Å². The summed E-state index contributed by atoms with van der Waals surface area (Å²) >= 11 is 0. The summed E-state index contributed by atoms with van der Waals surface area (Å²) in [5, 5.41) is 7.59. The lowest BCUT2D eigenvalue weighted by Crippen LogP contribution is -2.22. The monoisotopic (exact) mass is 455 g/mol. The van der Waals surface area contributed by atoms with Crippen molar-refractivity contribution in [1.82, 2.24) is 10.1 Å². The highest BCUT2D eigenvalue weighted by Gasteiger charge is 2.23. The maximum Gasteiger partial charge on any atom is 0.259 e. The first-order chi connectivity index (χ1) is 16.4. The summed E-state index contributed by atoms with van der Waals surface area (Å²) in [5.41, 5.74) is 11.1. The number of fused-ring (bicyclic) bond motifs is 1. The molecular formula is C26H25N5O3. The molecule has 0 saturated carbocycles. The zero-order valence-electron chi connectivity index (χ0n) is 19.1. The van der Waals surface area contributed by atoms with Crippen LogP contribution in [0.4, 0.5) is 11.4 Å². The Morgan fingerprint density at radius 1 is 1.03 bits per heavy atom. The number of rotatable bonds is 5. The predicted molar refractivity (Wildman–Crippen MR) is 131 cm³/mol. The average molecular weight is 456 g/mol. The summed E-state index contributed by atoms with van der Waals surface area (Å²) in [4.78, 5) is 32.2. The van der Waals surface area contributed by atoms with Crippen LogP contribution in [0.1, 0.15) is 44.8 Å². The first kappa shape index (κ1) is 21.6. The third-order valence-corrected chi connectivity index (χ3v) is 6.19. The van der Waals surface area contributed by atoms with Gasteiger partial charge in [0.1, 0.15) is 0 Å². The van der Waals surface area contributed by atoms with Crippen LogP contribution < -0.4 is 16.0 Å². The molecule has 3 N–H and O–H groups in total. The number of pyridine rings is 1. The van der Waals surface area contributed by atoms with E-state index in [-0.39, 0.29) is 5.91 Å². The van der Waals surface area contributed by atoms with E-state index in [1.165, 1.54) is 0 Å². The molecule has 172 valence electrons. The van der Waals surface area contributed by atoms with Gasteiger partial charge in [0.15, 0.2) is 0 Å². The predicted octanol–water partition coefficient (Wildman–Crippen LogP) is 4.46. The summed E-state index contributed by atoms with van der Waals surface area (Å²) in [5.74, 6) is -0.888. The van der Waals surface area contributed by atoms with E-state index in [0.29, 0.717) is 39.3 Å². The number of nitrogens with one attached hydrogen (secondary N) is 1. The number of nitrogens with two attached hydrogens (primary N) is 1. The lowest BCUT2D eigenvalue weighted by atomic mass is 10.0. The van der Waals surface area contributed by atoms with E-state index < -0.39 is 5.91 Å². The highest BCUT2D eigenvalue weighted by molar-refractivity contribution is 6.14. The number of amides is 2. The fourth-order valence-corrected chi connectivity index (χ4v) is 4.36. The van der Waals surface area contributed by atoms with Gasteiger partial charge in [0.05, 0.1) is 33.7 Å². The fourth-order valence-electron chi connectivity index (χ4n) is 4.36. The van der Waals surface area contributed by atoms with Gasteiger partial charge in [-0.05, 0) is 51.0 Å². The molecule has 0 spiro atoms. The van der Waals surface area contributed by atoms with E-state index in [2.05, 4.69) is 20.4 Å². The molecule has 2 aromatic heterocycles. The number of nitrogens with zero attached hydrogens (tertiary/aromatic N) is 3. The second-order valence-corrected chi connectivity index (χ2v) is 8.61. The Morgan fingerprint density at radius 3 is 2.47 bits per heavy atom. The second kappa shape index (κ2) is 8.62. The molecule has 1 saturated heterocycles. The normalized spacial score (nSPS) is 13.4. The number of anilines is 2.